The molecule has 3 atom stereocenters. The molecule has 5 nitrogen and oxygen atoms in total. The number of fused-ring (bicyclic) bond motifs is 2. The second-order valence-corrected chi connectivity index (χ2v) is 4.45. The number of rotatable bonds is 3. The summed E-state index contributed by atoms with van der Waals surface area (Å²) in [5, 5.41) is 2.84. The zero-order valence-corrected chi connectivity index (χ0v) is 9.11. The standard InChI is InChI=1S/C10H19N3O2/c1-15-3-2-12-10(14)13-6-7-4-8(11)9(13)5-7/h7-9H,2-6,11H2,1H3,(H,12,14). The van der Waals surface area contributed by atoms with Crippen LogP contribution in [0.3, 0.4) is 0 Å². The molecule has 2 fully saturated rings. The molecule has 2 rings (SSSR count). The van der Waals surface area contributed by atoms with Crippen LogP contribution in [0.1, 0.15) is 12.8 Å². The molecule has 1 aliphatic carbocycles. The fraction of sp³-hybridized carbons (Fsp3) is 0.900. The Kier molecular flexibility index (Phi) is 3.11. The predicted molar refractivity (Wildman–Crippen MR) is 56.5 cm³/mol. The SMILES string of the molecule is COCCNC(=O)N1CC2CC(N)C1C2. The van der Waals surface area contributed by atoms with Crippen molar-refractivity contribution in [1.29, 1.82) is 0 Å². The van der Waals surface area contributed by atoms with Gasteiger partial charge in [0.2, 0.25) is 0 Å². The lowest BCUT2D eigenvalue weighted by Gasteiger charge is -2.31. The van der Waals surface area contributed by atoms with Crippen molar-refractivity contribution < 1.29 is 9.53 Å². The number of urea groups is 1. The Labute approximate surface area is 89.9 Å². The zero-order chi connectivity index (χ0) is 10.8. The van der Waals surface area contributed by atoms with E-state index in [2.05, 4.69) is 5.32 Å². The molecule has 2 amide bonds. The van der Waals surface area contributed by atoms with Crippen LogP contribution in [0.5, 0.6) is 0 Å². The number of nitrogens with zero attached hydrogens (tertiary/aromatic N) is 1. The van der Waals surface area contributed by atoms with Gasteiger partial charge >= 0.3 is 6.03 Å². The largest absolute Gasteiger partial charge is 0.383 e. The van der Waals surface area contributed by atoms with E-state index < -0.39 is 0 Å². The molecule has 1 saturated carbocycles. The quantitative estimate of drug-likeness (QED) is 0.636. The molecule has 0 aromatic heterocycles. The van der Waals surface area contributed by atoms with Gasteiger partial charge in [-0.05, 0) is 18.8 Å². The van der Waals surface area contributed by atoms with E-state index in [9.17, 15) is 4.79 Å². The fourth-order valence-corrected chi connectivity index (χ4v) is 2.67. The number of hydrogen-bond acceptors (Lipinski definition) is 3. The van der Waals surface area contributed by atoms with Crippen LogP contribution in [0.25, 0.3) is 0 Å². The molecule has 2 aliphatic rings. The van der Waals surface area contributed by atoms with Crippen LogP contribution in [-0.4, -0.2) is 49.8 Å². The Balaban J connectivity index is 1.81. The summed E-state index contributed by atoms with van der Waals surface area (Å²) in [6.45, 7) is 2.00. The average Bonchev–Trinajstić information content (AvgIpc) is 2.76. The Hall–Kier alpha value is -0.810. The number of nitrogens with two attached hydrogens (primary N) is 1. The van der Waals surface area contributed by atoms with Crippen molar-refractivity contribution >= 4 is 6.03 Å². The summed E-state index contributed by atoms with van der Waals surface area (Å²) in [7, 11) is 1.62. The van der Waals surface area contributed by atoms with E-state index in [1.165, 1.54) is 0 Å². The van der Waals surface area contributed by atoms with Gasteiger partial charge in [-0.3, -0.25) is 0 Å². The summed E-state index contributed by atoms with van der Waals surface area (Å²) in [5.41, 5.74) is 5.96. The molecule has 5 heteroatoms. The first-order valence-electron chi connectivity index (χ1n) is 5.51. The maximum Gasteiger partial charge on any atom is 0.317 e. The summed E-state index contributed by atoms with van der Waals surface area (Å²) in [5.74, 6) is 0.623. The number of piperidine rings is 1. The van der Waals surface area contributed by atoms with Crippen LogP contribution < -0.4 is 11.1 Å². The van der Waals surface area contributed by atoms with Crippen LogP contribution in [0.2, 0.25) is 0 Å². The third kappa shape index (κ3) is 2.08. The summed E-state index contributed by atoms with van der Waals surface area (Å²) < 4.78 is 4.88. The Bertz CT molecular complexity index is 247. The highest BCUT2D eigenvalue weighted by molar-refractivity contribution is 5.75. The summed E-state index contributed by atoms with van der Waals surface area (Å²) in [4.78, 5) is 13.6. The van der Waals surface area contributed by atoms with Gasteiger partial charge in [-0.15, -0.1) is 0 Å². The van der Waals surface area contributed by atoms with Crippen molar-refractivity contribution in [3.8, 4) is 0 Å². The second kappa shape index (κ2) is 4.37. The number of likely N-dealkylation sites (tertiary alicyclic amines) is 1. The van der Waals surface area contributed by atoms with Crippen LogP contribution in [0.15, 0.2) is 0 Å². The molecule has 0 aromatic carbocycles. The lowest BCUT2D eigenvalue weighted by molar-refractivity contribution is 0.163. The molecule has 3 unspecified atom stereocenters. The highest BCUT2D eigenvalue weighted by Crippen LogP contribution is 2.36. The number of carbonyl (C=O) groups is 1. The Morgan fingerprint density at radius 2 is 2.40 bits per heavy atom. The first-order chi connectivity index (χ1) is 7.22. The monoisotopic (exact) mass is 213 g/mol. The van der Waals surface area contributed by atoms with Gasteiger partial charge in [0, 0.05) is 32.3 Å². The third-order valence-corrected chi connectivity index (χ3v) is 3.37. The number of nitrogens with one attached hydrogen (secondary N) is 1. The molecule has 0 spiro atoms. The van der Waals surface area contributed by atoms with Crippen molar-refractivity contribution in [2.75, 3.05) is 26.8 Å². The first-order valence-corrected chi connectivity index (χ1v) is 5.51. The molecule has 0 radical (unpaired) electrons. The van der Waals surface area contributed by atoms with Gasteiger partial charge in [0.1, 0.15) is 0 Å². The molecule has 3 N–H and O–H groups in total. The molecular weight excluding hydrogens is 194 g/mol. The number of hydrogen-bond donors (Lipinski definition) is 2. The van der Waals surface area contributed by atoms with Crippen molar-refractivity contribution in [1.82, 2.24) is 10.2 Å². The van der Waals surface area contributed by atoms with Gasteiger partial charge in [-0.2, -0.15) is 0 Å². The summed E-state index contributed by atoms with van der Waals surface area (Å²) >= 11 is 0. The number of amides is 2. The summed E-state index contributed by atoms with van der Waals surface area (Å²) in [6, 6.07) is 0.448. The lowest BCUT2D eigenvalue weighted by Crippen LogP contribution is -2.52. The smallest absolute Gasteiger partial charge is 0.317 e. The van der Waals surface area contributed by atoms with E-state index >= 15 is 0 Å². The molecule has 0 aromatic rings. The average molecular weight is 213 g/mol. The van der Waals surface area contributed by atoms with Crippen molar-refractivity contribution in [2.45, 2.75) is 24.9 Å². The highest BCUT2D eigenvalue weighted by Gasteiger charge is 2.45. The number of ether oxygens (including phenoxy) is 1. The van der Waals surface area contributed by atoms with E-state index in [0.717, 1.165) is 19.4 Å². The molecule has 1 aliphatic heterocycles. The Morgan fingerprint density at radius 3 is 3.00 bits per heavy atom. The van der Waals surface area contributed by atoms with E-state index in [4.69, 9.17) is 10.5 Å². The molecule has 1 saturated heterocycles. The number of carbonyl (C=O) groups excluding carboxylic acids is 1. The molecule has 86 valence electrons. The van der Waals surface area contributed by atoms with E-state index in [-0.39, 0.29) is 18.1 Å². The van der Waals surface area contributed by atoms with Crippen LogP contribution >= 0.6 is 0 Å². The van der Waals surface area contributed by atoms with Crippen LogP contribution in [-0.2, 0) is 4.74 Å². The number of methoxy groups -OCH3 is 1. The third-order valence-electron chi connectivity index (χ3n) is 3.37. The summed E-state index contributed by atoms with van der Waals surface area (Å²) in [6.07, 6.45) is 2.16. The lowest BCUT2D eigenvalue weighted by atomic mass is 10.1. The van der Waals surface area contributed by atoms with Gasteiger partial charge in [0.05, 0.1) is 6.61 Å². The zero-order valence-electron chi connectivity index (χ0n) is 9.11. The molecule has 1 heterocycles. The predicted octanol–water partition coefficient (Wildman–Crippen LogP) is -0.236. The van der Waals surface area contributed by atoms with Crippen LogP contribution in [0, 0.1) is 5.92 Å². The van der Waals surface area contributed by atoms with Gasteiger partial charge in [-0.25, -0.2) is 4.79 Å². The van der Waals surface area contributed by atoms with Crippen molar-refractivity contribution in [3.63, 3.8) is 0 Å². The minimum Gasteiger partial charge on any atom is -0.383 e. The Morgan fingerprint density at radius 1 is 1.60 bits per heavy atom. The first kappa shape index (κ1) is 10.7. The molecule has 2 bridgehead atoms. The normalized spacial score (nSPS) is 33.5. The van der Waals surface area contributed by atoms with Gasteiger partial charge in [-0.1, -0.05) is 0 Å². The molecular formula is C10H19N3O2. The van der Waals surface area contributed by atoms with Gasteiger partial charge < -0.3 is 20.7 Å². The minimum atomic E-state index is 0.00898. The van der Waals surface area contributed by atoms with Crippen LogP contribution in [0.4, 0.5) is 4.79 Å². The highest BCUT2D eigenvalue weighted by atomic mass is 16.5. The topological polar surface area (TPSA) is 67.6 Å². The molecule has 15 heavy (non-hydrogen) atoms. The van der Waals surface area contributed by atoms with Crippen molar-refractivity contribution in [3.05, 3.63) is 0 Å². The van der Waals surface area contributed by atoms with E-state index in [1.807, 2.05) is 4.90 Å². The van der Waals surface area contributed by atoms with E-state index in [0.29, 0.717) is 19.1 Å². The second-order valence-electron chi connectivity index (χ2n) is 4.45. The fourth-order valence-electron chi connectivity index (χ4n) is 2.67. The maximum atomic E-state index is 11.8. The van der Waals surface area contributed by atoms with E-state index in [1.54, 1.807) is 7.11 Å². The van der Waals surface area contributed by atoms with Gasteiger partial charge in [0.25, 0.3) is 0 Å². The minimum absolute atomic E-state index is 0.00898. The van der Waals surface area contributed by atoms with Gasteiger partial charge in [0.15, 0.2) is 0 Å². The maximum absolute atomic E-state index is 11.8. The van der Waals surface area contributed by atoms with Crippen molar-refractivity contribution in [2.24, 2.45) is 11.7 Å².